The van der Waals surface area contributed by atoms with Crippen LogP contribution in [0.15, 0.2) is 30.3 Å². The third-order valence-electron chi connectivity index (χ3n) is 2.90. The number of ether oxygens (including phenoxy) is 1. The predicted octanol–water partition coefficient (Wildman–Crippen LogP) is 2.05. The van der Waals surface area contributed by atoms with E-state index in [2.05, 4.69) is 26.1 Å². The Morgan fingerprint density at radius 1 is 1.25 bits per heavy atom. The highest BCUT2D eigenvalue weighted by Gasteiger charge is 2.17. The first kappa shape index (κ1) is 16.7. The van der Waals surface area contributed by atoms with Crippen molar-refractivity contribution in [3.05, 3.63) is 35.9 Å². The lowest BCUT2D eigenvalue weighted by molar-refractivity contribution is -0.131. The molecule has 0 unspecified atom stereocenters. The van der Waals surface area contributed by atoms with Crippen molar-refractivity contribution >= 4 is 5.91 Å². The van der Waals surface area contributed by atoms with Gasteiger partial charge in [-0.2, -0.15) is 0 Å². The summed E-state index contributed by atoms with van der Waals surface area (Å²) in [5.74, 6) is 0.0980. The maximum atomic E-state index is 12.3. The summed E-state index contributed by atoms with van der Waals surface area (Å²) in [7, 11) is 1.65. The van der Waals surface area contributed by atoms with Crippen molar-refractivity contribution in [1.29, 1.82) is 0 Å². The Hall–Kier alpha value is -1.39. The van der Waals surface area contributed by atoms with Gasteiger partial charge in [-0.05, 0) is 26.3 Å². The average Bonchev–Trinajstić information content (AvgIpc) is 2.41. The summed E-state index contributed by atoms with van der Waals surface area (Å²) in [6.07, 6.45) is 0. The van der Waals surface area contributed by atoms with E-state index in [1.807, 2.05) is 35.2 Å². The van der Waals surface area contributed by atoms with E-state index in [-0.39, 0.29) is 11.4 Å². The number of rotatable bonds is 7. The van der Waals surface area contributed by atoms with Crippen LogP contribution >= 0.6 is 0 Å². The molecule has 0 saturated carbocycles. The minimum absolute atomic E-state index is 0.0602. The van der Waals surface area contributed by atoms with Crippen molar-refractivity contribution in [1.82, 2.24) is 10.2 Å². The molecule has 0 radical (unpaired) electrons. The van der Waals surface area contributed by atoms with Crippen molar-refractivity contribution in [3.8, 4) is 0 Å². The van der Waals surface area contributed by atoms with Gasteiger partial charge in [0.05, 0.1) is 13.2 Å². The Morgan fingerprint density at radius 2 is 1.90 bits per heavy atom. The summed E-state index contributed by atoms with van der Waals surface area (Å²) in [6, 6.07) is 10.0. The van der Waals surface area contributed by atoms with E-state index in [4.69, 9.17) is 4.74 Å². The van der Waals surface area contributed by atoms with Crippen LogP contribution in [-0.2, 0) is 16.1 Å². The van der Waals surface area contributed by atoms with Crippen LogP contribution < -0.4 is 5.32 Å². The van der Waals surface area contributed by atoms with Crippen LogP contribution in [0, 0.1) is 0 Å². The van der Waals surface area contributed by atoms with E-state index in [1.54, 1.807) is 7.11 Å². The Balaban J connectivity index is 2.61. The highest BCUT2D eigenvalue weighted by atomic mass is 16.5. The lowest BCUT2D eigenvalue weighted by Crippen LogP contribution is -2.45. The Morgan fingerprint density at radius 3 is 2.45 bits per heavy atom. The van der Waals surface area contributed by atoms with Crippen LogP contribution in [-0.4, -0.2) is 43.2 Å². The molecule has 0 heterocycles. The van der Waals surface area contributed by atoms with Crippen LogP contribution in [0.1, 0.15) is 26.3 Å². The second-order valence-corrected chi connectivity index (χ2v) is 5.90. The Labute approximate surface area is 122 Å². The van der Waals surface area contributed by atoms with E-state index in [1.165, 1.54) is 0 Å². The molecule has 4 nitrogen and oxygen atoms in total. The van der Waals surface area contributed by atoms with E-state index in [0.717, 1.165) is 5.56 Å². The van der Waals surface area contributed by atoms with Gasteiger partial charge in [-0.15, -0.1) is 0 Å². The third-order valence-corrected chi connectivity index (χ3v) is 2.90. The van der Waals surface area contributed by atoms with Gasteiger partial charge < -0.3 is 15.0 Å². The van der Waals surface area contributed by atoms with Gasteiger partial charge in [-0.25, -0.2) is 0 Å². The van der Waals surface area contributed by atoms with Gasteiger partial charge in [0.2, 0.25) is 5.91 Å². The van der Waals surface area contributed by atoms with E-state index >= 15 is 0 Å². The maximum absolute atomic E-state index is 12.3. The molecular formula is C16H26N2O2. The molecule has 0 aliphatic heterocycles. The monoisotopic (exact) mass is 278 g/mol. The summed E-state index contributed by atoms with van der Waals surface area (Å²) < 4.78 is 5.09. The highest BCUT2D eigenvalue weighted by Crippen LogP contribution is 2.05. The summed E-state index contributed by atoms with van der Waals surface area (Å²) >= 11 is 0. The minimum Gasteiger partial charge on any atom is -0.383 e. The van der Waals surface area contributed by atoms with Crippen LogP contribution in [0.4, 0.5) is 0 Å². The number of nitrogens with one attached hydrogen (secondary N) is 1. The summed E-state index contributed by atoms with van der Waals surface area (Å²) in [4.78, 5) is 14.1. The van der Waals surface area contributed by atoms with Gasteiger partial charge in [0.1, 0.15) is 0 Å². The molecule has 112 valence electrons. The molecule has 4 heteroatoms. The van der Waals surface area contributed by atoms with Crippen molar-refractivity contribution < 1.29 is 9.53 Å². The number of hydrogen-bond donors (Lipinski definition) is 1. The SMILES string of the molecule is COCCN(Cc1ccccc1)C(=O)CNC(C)(C)C. The van der Waals surface area contributed by atoms with Crippen LogP contribution in [0.25, 0.3) is 0 Å². The zero-order valence-corrected chi connectivity index (χ0v) is 13.0. The third kappa shape index (κ3) is 6.68. The first-order valence-corrected chi connectivity index (χ1v) is 6.98. The zero-order valence-electron chi connectivity index (χ0n) is 13.0. The minimum atomic E-state index is -0.0602. The Kier molecular flexibility index (Phi) is 6.68. The van der Waals surface area contributed by atoms with Crippen molar-refractivity contribution in [2.75, 3.05) is 26.8 Å². The first-order valence-electron chi connectivity index (χ1n) is 6.98. The molecule has 20 heavy (non-hydrogen) atoms. The van der Waals surface area contributed by atoms with E-state index < -0.39 is 0 Å². The molecule has 0 aromatic heterocycles. The summed E-state index contributed by atoms with van der Waals surface area (Å²) in [5, 5.41) is 3.23. The average molecular weight is 278 g/mol. The predicted molar refractivity (Wildman–Crippen MR) is 81.5 cm³/mol. The fourth-order valence-electron chi connectivity index (χ4n) is 1.75. The van der Waals surface area contributed by atoms with E-state index in [9.17, 15) is 4.79 Å². The molecule has 0 atom stereocenters. The summed E-state index contributed by atoms with van der Waals surface area (Å²) in [6.45, 7) is 8.28. The standard InChI is InChI=1S/C16H26N2O2/c1-16(2,3)17-12-15(19)18(10-11-20-4)13-14-8-6-5-7-9-14/h5-9,17H,10-13H2,1-4H3. The molecular weight excluding hydrogens is 252 g/mol. The van der Waals surface area contributed by atoms with Gasteiger partial charge in [0.25, 0.3) is 0 Å². The molecule has 0 bridgehead atoms. The lowest BCUT2D eigenvalue weighted by atomic mass is 10.1. The van der Waals surface area contributed by atoms with Gasteiger partial charge in [0, 0.05) is 25.7 Å². The molecule has 0 aliphatic rings. The smallest absolute Gasteiger partial charge is 0.236 e. The zero-order chi connectivity index (χ0) is 15.0. The number of benzene rings is 1. The second-order valence-electron chi connectivity index (χ2n) is 5.90. The van der Waals surface area contributed by atoms with Gasteiger partial charge in [-0.3, -0.25) is 4.79 Å². The number of hydrogen-bond acceptors (Lipinski definition) is 3. The fourth-order valence-corrected chi connectivity index (χ4v) is 1.75. The van der Waals surface area contributed by atoms with Crippen molar-refractivity contribution in [2.24, 2.45) is 0 Å². The molecule has 1 amide bonds. The molecule has 0 spiro atoms. The molecule has 1 aromatic rings. The highest BCUT2D eigenvalue weighted by molar-refractivity contribution is 5.78. The Bertz CT molecular complexity index is 399. The maximum Gasteiger partial charge on any atom is 0.236 e. The van der Waals surface area contributed by atoms with Crippen molar-refractivity contribution in [2.45, 2.75) is 32.9 Å². The topological polar surface area (TPSA) is 41.6 Å². The number of carbonyl (C=O) groups is 1. The number of nitrogens with zero attached hydrogens (tertiary/aromatic N) is 1. The van der Waals surface area contributed by atoms with Gasteiger partial charge in [-0.1, -0.05) is 30.3 Å². The largest absolute Gasteiger partial charge is 0.383 e. The van der Waals surface area contributed by atoms with E-state index in [0.29, 0.717) is 26.2 Å². The molecule has 0 aliphatic carbocycles. The number of carbonyl (C=O) groups excluding carboxylic acids is 1. The quantitative estimate of drug-likeness (QED) is 0.830. The van der Waals surface area contributed by atoms with Gasteiger partial charge >= 0.3 is 0 Å². The molecule has 0 saturated heterocycles. The van der Waals surface area contributed by atoms with Crippen molar-refractivity contribution in [3.63, 3.8) is 0 Å². The number of methoxy groups -OCH3 is 1. The second kappa shape index (κ2) is 8.02. The summed E-state index contributed by atoms with van der Waals surface area (Å²) in [5.41, 5.74) is 1.07. The first-order chi connectivity index (χ1) is 9.42. The molecule has 1 rings (SSSR count). The van der Waals surface area contributed by atoms with Gasteiger partial charge in [0.15, 0.2) is 0 Å². The van der Waals surface area contributed by atoms with Crippen LogP contribution in [0.3, 0.4) is 0 Å². The lowest BCUT2D eigenvalue weighted by Gasteiger charge is -2.26. The van der Waals surface area contributed by atoms with Crippen LogP contribution in [0.5, 0.6) is 0 Å². The van der Waals surface area contributed by atoms with Crippen LogP contribution in [0.2, 0.25) is 0 Å². The molecule has 1 aromatic carbocycles. The molecule has 1 N–H and O–H groups in total. The number of amides is 1. The fraction of sp³-hybridized carbons (Fsp3) is 0.562. The molecule has 0 fully saturated rings. The normalized spacial score (nSPS) is 11.4.